The molecule has 0 saturated heterocycles. The van der Waals surface area contributed by atoms with E-state index in [0.717, 1.165) is 17.7 Å². The van der Waals surface area contributed by atoms with Crippen LogP contribution < -0.4 is 5.32 Å². The molecular weight excluding hydrogens is 466 g/mol. The van der Waals surface area contributed by atoms with Gasteiger partial charge in [0.1, 0.15) is 12.2 Å². The summed E-state index contributed by atoms with van der Waals surface area (Å²) in [5.41, 5.74) is -3.90. The van der Waals surface area contributed by atoms with Crippen molar-refractivity contribution >= 4 is 24.0 Å². The fourth-order valence-corrected chi connectivity index (χ4v) is 3.18. The molecule has 1 atom stereocenters. The number of nitrogens with zero attached hydrogens (tertiary/aromatic N) is 4. The van der Waals surface area contributed by atoms with Gasteiger partial charge in [-0.3, -0.25) is 10.2 Å². The van der Waals surface area contributed by atoms with Crippen LogP contribution in [-0.2, 0) is 12.4 Å². The molecule has 1 aromatic heterocycles. The van der Waals surface area contributed by atoms with Crippen LogP contribution in [-0.4, -0.2) is 45.5 Å². The molecule has 1 aliphatic carbocycles. The molecule has 3 rings (SSSR count). The minimum Gasteiger partial charge on any atom is -0.328 e. The molecule has 1 fully saturated rings. The lowest BCUT2D eigenvalue weighted by Gasteiger charge is -2.31. The Morgan fingerprint density at radius 2 is 1.71 bits per heavy atom. The van der Waals surface area contributed by atoms with Crippen LogP contribution in [0.3, 0.4) is 0 Å². The van der Waals surface area contributed by atoms with Gasteiger partial charge in [0.25, 0.3) is 5.91 Å². The highest BCUT2D eigenvalue weighted by atomic mass is 19.4. The third kappa shape index (κ3) is 6.29. The first-order valence-electron chi connectivity index (χ1n) is 10.1. The molecule has 1 aliphatic rings. The maximum atomic E-state index is 13.3. The minimum atomic E-state index is -5.08. The highest BCUT2D eigenvalue weighted by molar-refractivity contribution is 6.05. The highest BCUT2D eigenvalue weighted by Gasteiger charge is 2.39. The lowest BCUT2D eigenvalue weighted by Crippen LogP contribution is -2.47. The molecule has 1 saturated carbocycles. The van der Waals surface area contributed by atoms with Crippen molar-refractivity contribution in [1.82, 2.24) is 14.9 Å². The fraction of sp³-hybridized carbons (Fsp3) is 0.381. The first-order valence-corrected chi connectivity index (χ1v) is 10.1. The lowest BCUT2D eigenvalue weighted by atomic mass is 10.0. The normalized spacial score (nSPS) is 15.6. The van der Waals surface area contributed by atoms with Crippen molar-refractivity contribution in [3.05, 3.63) is 53.3 Å². The number of carbonyl (C=O) groups is 1. The standard InChI is InChI=1S/C21H20F6N6O/c1-12(17(31-11-28)32-19-29-5-2-6-30-19)33(10-13-3-4-13)18(34)14-7-15(20(22,23)24)9-16(8-14)21(25,26)27/h2,5-9,11-13H,3-4,10H2,1H3,(H2,28,29,30,31,32)/t12-/m0/s1. The van der Waals surface area contributed by atoms with Gasteiger partial charge < -0.3 is 10.2 Å². The average Bonchev–Trinajstić information content (AvgIpc) is 3.60. The summed E-state index contributed by atoms with van der Waals surface area (Å²) in [6.07, 6.45) is -5.09. The summed E-state index contributed by atoms with van der Waals surface area (Å²) in [6, 6.07) is 1.40. The Labute approximate surface area is 190 Å². The predicted molar refractivity (Wildman–Crippen MR) is 112 cm³/mol. The number of alkyl halides is 6. The Bertz CT molecular complexity index is 1030. The topological polar surface area (TPSA) is 94.3 Å². The maximum absolute atomic E-state index is 13.3. The highest BCUT2D eigenvalue weighted by Crippen LogP contribution is 2.37. The fourth-order valence-electron chi connectivity index (χ4n) is 3.18. The second kappa shape index (κ2) is 9.77. The van der Waals surface area contributed by atoms with Crippen molar-refractivity contribution < 1.29 is 31.1 Å². The summed E-state index contributed by atoms with van der Waals surface area (Å²) in [5.74, 6) is -0.858. The molecule has 0 spiro atoms. The average molecular weight is 486 g/mol. The van der Waals surface area contributed by atoms with Crippen LogP contribution >= 0.6 is 0 Å². The van der Waals surface area contributed by atoms with E-state index in [-0.39, 0.29) is 30.3 Å². The van der Waals surface area contributed by atoms with Gasteiger partial charge in [-0.2, -0.15) is 26.3 Å². The Morgan fingerprint density at radius 1 is 1.15 bits per heavy atom. The Kier molecular flexibility index (Phi) is 7.22. The van der Waals surface area contributed by atoms with Gasteiger partial charge in [-0.1, -0.05) is 0 Å². The molecule has 1 heterocycles. The van der Waals surface area contributed by atoms with E-state index in [0.29, 0.717) is 18.5 Å². The SMILES string of the molecule is C[C@@H](/C(=N/C=N)Nc1ncccn1)N(CC1CC1)C(=O)c1cc(C(F)(F)F)cc(C(F)(F)F)c1. The largest absolute Gasteiger partial charge is 0.416 e. The molecule has 2 aromatic rings. The van der Waals surface area contributed by atoms with E-state index < -0.39 is 41.0 Å². The molecule has 0 unspecified atom stereocenters. The van der Waals surface area contributed by atoms with Crippen LogP contribution in [0, 0.1) is 11.3 Å². The van der Waals surface area contributed by atoms with Crippen molar-refractivity contribution in [3.63, 3.8) is 0 Å². The molecule has 0 aliphatic heterocycles. The van der Waals surface area contributed by atoms with E-state index in [1.165, 1.54) is 19.3 Å². The Hall–Kier alpha value is -3.51. The van der Waals surface area contributed by atoms with Crippen LogP contribution in [0.25, 0.3) is 0 Å². The monoisotopic (exact) mass is 486 g/mol. The summed E-state index contributed by atoms with van der Waals surface area (Å²) in [7, 11) is 0. The van der Waals surface area contributed by atoms with Gasteiger partial charge in [0.15, 0.2) is 0 Å². The number of amidine groups is 1. The number of aromatic nitrogens is 2. The van der Waals surface area contributed by atoms with E-state index in [9.17, 15) is 31.1 Å². The number of carbonyl (C=O) groups excluding carboxylic acids is 1. The number of amides is 1. The Balaban J connectivity index is 2.01. The maximum Gasteiger partial charge on any atom is 0.416 e. The predicted octanol–water partition coefficient (Wildman–Crippen LogP) is 4.87. The van der Waals surface area contributed by atoms with E-state index in [1.54, 1.807) is 6.07 Å². The molecule has 0 bridgehead atoms. The van der Waals surface area contributed by atoms with Crippen LogP contribution in [0.2, 0.25) is 0 Å². The second-order valence-corrected chi connectivity index (χ2v) is 7.71. The number of benzene rings is 1. The zero-order chi connectivity index (χ0) is 25.1. The summed E-state index contributed by atoms with van der Waals surface area (Å²) >= 11 is 0. The molecule has 13 heteroatoms. The van der Waals surface area contributed by atoms with Crippen molar-refractivity contribution in [2.45, 2.75) is 38.2 Å². The van der Waals surface area contributed by atoms with Gasteiger partial charge in [-0.25, -0.2) is 15.0 Å². The van der Waals surface area contributed by atoms with Gasteiger partial charge in [0, 0.05) is 24.5 Å². The van der Waals surface area contributed by atoms with E-state index in [4.69, 9.17) is 5.41 Å². The van der Waals surface area contributed by atoms with E-state index in [1.807, 2.05) is 0 Å². The van der Waals surface area contributed by atoms with Gasteiger partial charge in [-0.15, -0.1) is 0 Å². The van der Waals surface area contributed by atoms with E-state index in [2.05, 4.69) is 20.3 Å². The van der Waals surface area contributed by atoms with Crippen LogP contribution in [0.15, 0.2) is 41.7 Å². The molecular formula is C21H20F6N6O. The van der Waals surface area contributed by atoms with Crippen LogP contribution in [0.4, 0.5) is 32.3 Å². The zero-order valence-electron chi connectivity index (χ0n) is 17.8. The van der Waals surface area contributed by atoms with Gasteiger partial charge in [0.05, 0.1) is 17.2 Å². The first-order chi connectivity index (χ1) is 15.9. The van der Waals surface area contributed by atoms with Crippen LogP contribution in [0.1, 0.15) is 41.3 Å². The number of anilines is 1. The number of hydrogen-bond donors (Lipinski definition) is 2. The van der Waals surface area contributed by atoms with Gasteiger partial charge in [-0.05, 0) is 49.9 Å². The molecule has 182 valence electrons. The van der Waals surface area contributed by atoms with Crippen molar-refractivity contribution in [3.8, 4) is 0 Å². The quantitative estimate of drug-likeness (QED) is 0.332. The van der Waals surface area contributed by atoms with Gasteiger partial charge >= 0.3 is 12.4 Å². The summed E-state index contributed by atoms with van der Waals surface area (Å²) < 4.78 is 79.7. The molecule has 2 N–H and O–H groups in total. The number of halogens is 6. The van der Waals surface area contributed by atoms with Crippen molar-refractivity contribution in [2.24, 2.45) is 10.9 Å². The molecule has 0 radical (unpaired) electrons. The van der Waals surface area contributed by atoms with Gasteiger partial charge in [0.2, 0.25) is 5.95 Å². The van der Waals surface area contributed by atoms with Crippen molar-refractivity contribution in [2.75, 3.05) is 11.9 Å². The molecule has 7 nitrogen and oxygen atoms in total. The summed E-state index contributed by atoms with van der Waals surface area (Å²) in [5, 5.41) is 10.1. The lowest BCUT2D eigenvalue weighted by molar-refractivity contribution is -0.143. The molecule has 1 amide bonds. The third-order valence-corrected chi connectivity index (χ3v) is 5.12. The van der Waals surface area contributed by atoms with E-state index >= 15 is 0 Å². The molecule has 34 heavy (non-hydrogen) atoms. The number of aliphatic imine (C=N–C) groups is 1. The molecule has 1 aromatic carbocycles. The third-order valence-electron chi connectivity index (χ3n) is 5.12. The van der Waals surface area contributed by atoms with Crippen LogP contribution in [0.5, 0.6) is 0 Å². The van der Waals surface area contributed by atoms with Crippen molar-refractivity contribution in [1.29, 1.82) is 5.41 Å². The number of rotatable bonds is 7. The Morgan fingerprint density at radius 3 is 2.18 bits per heavy atom. The smallest absolute Gasteiger partial charge is 0.328 e. The summed E-state index contributed by atoms with van der Waals surface area (Å²) in [4.78, 5) is 26.2. The summed E-state index contributed by atoms with van der Waals surface area (Å²) in [6.45, 7) is 1.59. The first kappa shape index (κ1) is 25.1. The number of hydrogen-bond acceptors (Lipinski definition) is 4. The zero-order valence-corrected chi connectivity index (χ0v) is 17.8. The second-order valence-electron chi connectivity index (χ2n) is 7.71. The minimum absolute atomic E-state index is 0.0261. The number of nitrogens with one attached hydrogen (secondary N) is 2.